The molecule has 372 valence electrons. The Bertz CT molecular complexity index is 1440. The Morgan fingerprint density at radius 3 is 1.26 bits per heavy atom. The number of hydrogen-bond acceptors (Lipinski definition) is 5. The van der Waals surface area contributed by atoms with E-state index in [2.05, 4.69) is 50.4 Å². The molecule has 0 fully saturated rings. The fraction of sp³-hybridized carbons (Fsp3) is 0.600. The van der Waals surface area contributed by atoms with Crippen LogP contribution < -0.4 is 5.32 Å². The van der Waals surface area contributed by atoms with Crippen LogP contribution in [0.4, 0.5) is 0 Å². The fourth-order valence-corrected chi connectivity index (χ4v) is 7.31. The van der Waals surface area contributed by atoms with Crippen LogP contribution in [0.2, 0.25) is 0 Å². The first-order chi connectivity index (χ1) is 32.5. The normalized spacial score (nSPS) is 14.3. The molecule has 3 N–H and O–H groups in total. The maximum atomic E-state index is 13.2. The van der Waals surface area contributed by atoms with Crippen molar-refractivity contribution in [2.45, 2.75) is 225 Å². The number of allylic oxidation sites excluding steroid dienone is 22. The quantitative estimate of drug-likeness (QED) is 0.0321. The molecule has 0 bridgehead atoms. The monoisotopic (exact) mass is 912 g/mol. The molecule has 6 heteroatoms. The van der Waals surface area contributed by atoms with E-state index >= 15 is 0 Å². The Morgan fingerprint density at radius 1 is 0.455 bits per heavy atom. The van der Waals surface area contributed by atoms with E-state index in [-0.39, 0.29) is 24.9 Å². The standard InChI is InChI=1S/C60H97NO5/c1-4-7-10-13-16-19-22-25-28-29-32-34-37-40-43-46-49-52-58(63)57(55-62)61-59(64)54-56(51-48-45-42-39-36-33-30-26-23-20-17-14-11-8-5-2)66-60(65)53-50-47-44-41-38-35-31-27-24-21-18-15-12-9-6-3/h8-9,11-12,14-15,17-18,20-21,23-24,26-27,30-31,33,35-36,38-39,42,56-58,62-63H,4-7,10,13,16,19,22,25,28-29,32,34,37,40-41,43-55H2,1-3H3,(H,61,64)/b11-8-,12-9+,17-14+,18-15+,23-20+,24-21-,30-26-,31-27-,36-33+,38-35+,42-39+. The van der Waals surface area contributed by atoms with Crippen LogP contribution in [-0.4, -0.2) is 46.9 Å². The molecule has 0 aromatic rings. The molecular weight excluding hydrogens is 815 g/mol. The molecule has 0 rings (SSSR count). The Morgan fingerprint density at radius 2 is 0.833 bits per heavy atom. The number of rotatable bonds is 45. The lowest BCUT2D eigenvalue weighted by molar-refractivity contribution is -0.151. The predicted molar refractivity (Wildman–Crippen MR) is 286 cm³/mol. The summed E-state index contributed by atoms with van der Waals surface area (Å²) < 4.78 is 5.88. The molecule has 0 aromatic carbocycles. The van der Waals surface area contributed by atoms with E-state index in [9.17, 15) is 19.8 Å². The summed E-state index contributed by atoms with van der Waals surface area (Å²) in [5, 5.41) is 23.8. The van der Waals surface area contributed by atoms with Crippen LogP contribution in [0.25, 0.3) is 0 Å². The molecule has 0 aliphatic rings. The molecule has 3 atom stereocenters. The molecule has 0 aliphatic carbocycles. The van der Waals surface area contributed by atoms with Crippen LogP contribution >= 0.6 is 0 Å². The van der Waals surface area contributed by atoms with E-state index < -0.39 is 18.2 Å². The van der Waals surface area contributed by atoms with Gasteiger partial charge in [0.2, 0.25) is 5.91 Å². The largest absolute Gasteiger partial charge is 0.462 e. The van der Waals surface area contributed by atoms with Crippen molar-refractivity contribution in [3.8, 4) is 0 Å². The summed E-state index contributed by atoms with van der Waals surface area (Å²) in [6, 6.07) is -0.746. The molecule has 0 aliphatic heterocycles. The zero-order valence-electron chi connectivity index (χ0n) is 42.3. The van der Waals surface area contributed by atoms with E-state index in [1.54, 1.807) is 0 Å². The van der Waals surface area contributed by atoms with Gasteiger partial charge in [0.1, 0.15) is 6.10 Å². The molecule has 0 spiro atoms. The highest BCUT2D eigenvalue weighted by Gasteiger charge is 2.24. The molecule has 66 heavy (non-hydrogen) atoms. The third-order valence-electron chi connectivity index (χ3n) is 11.3. The Labute approximate surface area is 405 Å². The van der Waals surface area contributed by atoms with Crippen molar-refractivity contribution in [2.24, 2.45) is 0 Å². The highest BCUT2D eigenvalue weighted by atomic mass is 16.5. The molecule has 3 unspecified atom stereocenters. The van der Waals surface area contributed by atoms with Crippen LogP contribution in [0.5, 0.6) is 0 Å². The van der Waals surface area contributed by atoms with Crippen molar-refractivity contribution in [3.05, 3.63) is 134 Å². The minimum Gasteiger partial charge on any atom is -0.462 e. The van der Waals surface area contributed by atoms with E-state index in [1.807, 2.05) is 109 Å². The third-order valence-corrected chi connectivity index (χ3v) is 11.3. The van der Waals surface area contributed by atoms with Crippen molar-refractivity contribution in [1.29, 1.82) is 0 Å². The Balaban J connectivity index is 4.77. The lowest BCUT2D eigenvalue weighted by Gasteiger charge is -2.24. The van der Waals surface area contributed by atoms with Gasteiger partial charge in [0.05, 0.1) is 25.2 Å². The fourth-order valence-electron chi connectivity index (χ4n) is 7.31. The summed E-state index contributed by atoms with van der Waals surface area (Å²) >= 11 is 0. The Kier molecular flexibility index (Phi) is 48.8. The summed E-state index contributed by atoms with van der Waals surface area (Å²) in [5.74, 6) is -0.612. The van der Waals surface area contributed by atoms with E-state index in [0.717, 1.165) is 70.6 Å². The first-order valence-corrected chi connectivity index (χ1v) is 26.6. The van der Waals surface area contributed by atoms with Crippen molar-refractivity contribution < 1.29 is 24.5 Å². The topological polar surface area (TPSA) is 95.9 Å². The second-order valence-electron chi connectivity index (χ2n) is 17.4. The minimum absolute atomic E-state index is 0.000210. The second-order valence-corrected chi connectivity index (χ2v) is 17.4. The number of ether oxygens (including phenoxy) is 1. The van der Waals surface area contributed by atoms with Gasteiger partial charge in [-0.3, -0.25) is 9.59 Å². The molecule has 0 aromatic heterocycles. The number of nitrogens with one attached hydrogen (secondary N) is 1. The number of esters is 1. The van der Waals surface area contributed by atoms with Crippen LogP contribution in [-0.2, 0) is 14.3 Å². The molecular formula is C60H97NO5. The van der Waals surface area contributed by atoms with E-state index in [0.29, 0.717) is 19.3 Å². The summed E-state index contributed by atoms with van der Waals surface area (Å²) in [5.41, 5.74) is 0. The number of unbranched alkanes of at least 4 members (excludes halogenated alkanes) is 20. The van der Waals surface area contributed by atoms with Crippen molar-refractivity contribution >= 4 is 11.9 Å². The highest BCUT2D eigenvalue weighted by molar-refractivity contribution is 5.77. The molecule has 6 nitrogen and oxygen atoms in total. The zero-order chi connectivity index (χ0) is 48.1. The van der Waals surface area contributed by atoms with Crippen LogP contribution in [0.1, 0.15) is 207 Å². The van der Waals surface area contributed by atoms with E-state index in [4.69, 9.17) is 4.74 Å². The van der Waals surface area contributed by atoms with Gasteiger partial charge in [0, 0.05) is 6.42 Å². The van der Waals surface area contributed by atoms with Gasteiger partial charge in [-0.25, -0.2) is 0 Å². The average molecular weight is 912 g/mol. The summed E-state index contributed by atoms with van der Waals surface area (Å²) in [6.07, 6.45) is 73.7. The first-order valence-electron chi connectivity index (χ1n) is 26.6. The number of aliphatic hydroxyl groups is 2. The van der Waals surface area contributed by atoms with Crippen LogP contribution in [0, 0.1) is 0 Å². The summed E-state index contributed by atoms with van der Waals surface area (Å²) in [4.78, 5) is 26.2. The number of aliphatic hydroxyl groups excluding tert-OH is 2. The predicted octanol–water partition coefficient (Wildman–Crippen LogP) is 16.2. The molecule has 1 amide bonds. The summed E-state index contributed by atoms with van der Waals surface area (Å²) in [7, 11) is 0. The molecule has 0 saturated heterocycles. The van der Waals surface area contributed by atoms with E-state index in [1.165, 1.54) is 89.9 Å². The number of amides is 1. The maximum Gasteiger partial charge on any atom is 0.306 e. The zero-order valence-corrected chi connectivity index (χ0v) is 42.3. The number of carbonyl (C=O) groups is 2. The van der Waals surface area contributed by atoms with Gasteiger partial charge >= 0.3 is 5.97 Å². The lowest BCUT2D eigenvalue weighted by atomic mass is 10.0. The second kappa shape index (κ2) is 52.0. The van der Waals surface area contributed by atoms with Crippen LogP contribution in [0.15, 0.2) is 134 Å². The molecule has 0 radical (unpaired) electrons. The van der Waals surface area contributed by atoms with Crippen molar-refractivity contribution in [3.63, 3.8) is 0 Å². The Hall–Kier alpha value is -4.00. The van der Waals surface area contributed by atoms with Crippen molar-refractivity contribution in [2.75, 3.05) is 6.61 Å². The average Bonchev–Trinajstić information content (AvgIpc) is 3.31. The number of hydrogen-bond donors (Lipinski definition) is 3. The molecule has 0 heterocycles. The SMILES string of the molecule is CC\C=C/C=C/C=C/C=C\C=C\C=C\CCCC(CC(=O)NC(CO)C(O)CCCCCCCCCCCCCCCCCCC)OC(=O)CCCCC/C=C/C=C\C=C/C=C/C=C/CC. The van der Waals surface area contributed by atoms with Gasteiger partial charge in [-0.05, 0) is 57.8 Å². The van der Waals surface area contributed by atoms with Gasteiger partial charge < -0.3 is 20.3 Å². The van der Waals surface area contributed by atoms with Gasteiger partial charge in [0.25, 0.3) is 0 Å². The van der Waals surface area contributed by atoms with Gasteiger partial charge in [-0.2, -0.15) is 0 Å². The van der Waals surface area contributed by atoms with Gasteiger partial charge in [-0.15, -0.1) is 0 Å². The lowest BCUT2D eigenvalue weighted by Crippen LogP contribution is -2.46. The van der Waals surface area contributed by atoms with Crippen molar-refractivity contribution in [1.82, 2.24) is 5.32 Å². The first kappa shape index (κ1) is 62.0. The third kappa shape index (κ3) is 46.5. The number of carbonyl (C=O) groups excluding carboxylic acids is 2. The maximum absolute atomic E-state index is 13.2. The molecule has 0 saturated carbocycles. The smallest absolute Gasteiger partial charge is 0.306 e. The van der Waals surface area contributed by atoms with Gasteiger partial charge in [-0.1, -0.05) is 270 Å². The van der Waals surface area contributed by atoms with Gasteiger partial charge in [0.15, 0.2) is 0 Å². The summed E-state index contributed by atoms with van der Waals surface area (Å²) in [6.45, 7) is 6.16. The highest BCUT2D eigenvalue weighted by Crippen LogP contribution is 2.17. The van der Waals surface area contributed by atoms with Crippen LogP contribution in [0.3, 0.4) is 0 Å². The minimum atomic E-state index is -0.826.